The van der Waals surface area contributed by atoms with Crippen molar-refractivity contribution in [3.05, 3.63) is 69.7 Å². The maximum atomic E-state index is 12.4. The number of hydrazone groups is 1. The van der Waals surface area contributed by atoms with Gasteiger partial charge < -0.3 is 5.32 Å². The van der Waals surface area contributed by atoms with Gasteiger partial charge in [-0.1, -0.05) is 59.6 Å². The molecule has 0 radical (unpaired) electrons. The van der Waals surface area contributed by atoms with Gasteiger partial charge in [-0.15, -0.1) is 0 Å². The Hall–Kier alpha value is -2.37. The molecule has 2 amide bonds. The zero-order chi connectivity index (χ0) is 17.8. The summed E-state index contributed by atoms with van der Waals surface area (Å²) in [7, 11) is 0. The zero-order valence-corrected chi connectivity index (χ0v) is 14.6. The number of rotatable bonds is 4. The fourth-order valence-corrected chi connectivity index (χ4v) is 3.07. The molecule has 0 saturated carbocycles. The fraction of sp³-hybridized carbons (Fsp3) is 0.167. The Bertz CT molecular complexity index is 824. The summed E-state index contributed by atoms with van der Waals surface area (Å²) in [4.78, 5) is 24.5. The van der Waals surface area contributed by atoms with Gasteiger partial charge in [0.25, 0.3) is 5.91 Å². The van der Waals surface area contributed by atoms with E-state index >= 15 is 0 Å². The number of amides is 2. The molecule has 2 aromatic carbocycles. The quantitative estimate of drug-likeness (QED) is 0.489. The van der Waals surface area contributed by atoms with Crippen molar-refractivity contribution in [1.82, 2.24) is 10.7 Å². The van der Waals surface area contributed by atoms with E-state index in [1.54, 1.807) is 18.2 Å². The third-order valence-corrected chi connectivity index (χ3v) is 4.76. The number of hydrogen-bond acceptors (Lipinski definition) is 3. The van der Waals surface area contributed by atoms with Crippen molar-refractivity contribution in [2.24, 2.45) is 11.0 Å². The van der Waals surface area contributed by atoms with Crippen molar-refractivity contribution in [2.75, 3.05) is 6.54 Å². The highest BCUT2D eigenvalue weighted by Crippen LogP contribution is 2.29. The maximum absolute atomic E-state index is 12.4. The molecule has 0 aliphatic carbocycles. The fourth-order valence-electron chi connectivity index (χ4n) is 2.77. The summed E-state index contributed by atoms with van der Waals surface area (Å²) < 4.78 is 0. The third kappa shape index (κ3) is 4.00. The van der Waals surface area contributed by atoms with E-state index in [2.05, 4.69) is 15.8 Å². The summed E-state index contributed by atoms with van der Waals surface area (Å²) >= 11 is 11.8. The standard InChI is InChI=1S/C18H15Cl2N3O2/c19-14-7-6-11(8-15(14)20)9-22-23-18(25)16-13(10-21-17(16)24)12-4-2-1-3-5-12/h1-9,13,16H,10H2,(H,21,24)(H,23,25)/b22-9+/t13-,16+/m0/s1. The normalized spacial score (nSPS) is 19.8. The van der Waals surface area contributed by atoms with Crippen molar-refractivity contribution < 1.29 is 9.59 Å². The van der Waals surface area contributed by atoms with Gasteiger partial charge in [0.15, 0.2) is 0 Å². The van der Waals surface area contributed by atoms with Crippen LogP contribution in [-0.4, -0.2) is 24.6 Å². The van der Waals surface area contributed by atoms with Gasteiger partial charge in [-0.2, -0.15) is 5.10 Å². The molecular weight excluding hydrogens is 361 g/mol. The Morgan fingerprint density at radius 2 is 1.92 bits per heavy atom. The van der Waals surface area contributed by atoms with Gasteiger partial charge in [-0.05, 0) is 23.3 Å². The number of hydrogen-bond donors (Lipinski definition) is 2. The second-order valence-electron chi connectivity index (χ2n) is 5.65. The van der Waals surface area contributed by atoms with E-state index in [-0.39, 0.29) is 11.8 Å². The first-order chi connectivity index (χ1) is 12.1. The van der Waals surface area contributed by atoms with E-state index in [0.29, 0.717) is 22.2 Å². The lowest BCUT2D eigenvalue weighted by atomic mass is 9.88. The molecule has 128 valence electrons. The van der Waals surface area contributed by atoms with Crippen molar-refractivity contribution in [2.45, 2.75) is 5.92 Å². The summed E-state index contributed by atoms with van der Waals surface area (Å²) in [5, 5.41) is 7.49. The molecule has 0 bridgehead atoms. The van der Waals surface area contributed by atoms with E-state index in [9.17, 15) is 9.59 Å². The van der Waals surface area contributed by atoms with Gasteiger partial charge in [0.2, 0.25) is 5.91 Å². The van der Waals surface area contributed by atoms with Crippen LogP contribution in [0.1, 0.15) is 17.0 Å². The van der Waals surface area contributed by atoms with E-state index < -0.39 is 11.8 Å². The summed E-state index contributed by atoms with van der Waals surface area (Å²) in [6, 6.07) is 14.5. The Morgan fingerprint density at radius 3 is 2.64 bits per heavy atom. The molecule has 0 spiro atoms. The Labute approximate surface area is 155 Å². The molecule has 1 saturated heterocycles. The topological polar surface area (TPSA) is 70.6 Å². The Kier molecular flexibility index (Phi) is 5.36. The van der Waals surface area contributed by atoms with Crippen LogP contribution >= 0.6 is 23.2 Å². The highest BCUT2D eigenvalue weighted by atomic mass is 35.5. The highest BCUT2D eigenvalue weighted by molar-refractivity contribution is 6.42. The van der Waals surface area contributed by atoms with E-state index in [1.807, 2.05) is 30.3 Å². The maximum Gasteiger partial charge on any atom is 0.253 e. The molecule has 1 heterocycles. The third-order valence-electron chi connectivity index (χ3n) is 4.02. The minimum Gasteiger partial charge on any atom is -0.355 e. The Balaban J connectivity index is 1.69. The van der Waals surface area contributed by atoms with Crippen LogP contribution in [0.2, 0.25) is 10.0 Å². The van der Waals surface area contributed by atoms with Gasteiger partial charge in [0.05, 0.1) is 16.3 Å². The first-order valence-electron chi connectivity index (χ1n) is 7.67. The molecule has 2 N–H and O–H groups in total. The Morgan fingerprint density at radius 1 is 1.16 bits per heavy atom. The highest BCUT2D eigenvalue weighted by Gasteiger charge is 2.40. The first-order valence-corrected chi connectivity index (χ1v) is 8.42. The van der Waals surface area contributed by atoms with Gasteiger partial charge in [-0.3, -0.25) is 9.59 Å². The molecule has 0 unspecified atom stereocenters. The summed E-state index contributed by atoms with van der Waals surface area (Å²) in [6.45, 7) is 0.428. The predicted octanol–water partition coefficient (Wildman–Crippen LogP) is 2.97. The molecule has 25 heavy (non-hydrogen) atoms. The molecule has 0 aromatic heterocycles. The van der Waals surface area contributed by atoms with Crippen LogP contribution in [0.4, 0.5) is 0 Å². The van der Waals surface area contributed by atoms with E-state index in [4.69, 9.17) is 23.2 Å². The summed E-state index contributed by atoms with van der Waals surface area (Å²) in [6.07, 6.45) is 1.45. The van der Waals surface area contributed by atoms with Crippen LogP contribution in [0, 0.1) is 5.92 Å². The van der Waals surface area contributed by atoms with Crippen molar-refractivity contribution in [1.29, 1.82) is 0 Å². The molecule has 1 fully saturated rings. The second kappa shape index (κ2) is 7.68. The van der Waals surface area contributed by atoms with Crippen molar-refractivity contribution >= 4 is 41.2 Å². The van der Waals surface area contributed by atoms with E-state index in [1.165, 1.54) is 6.21 Å². The van der Waals surface area contributed by atoms with Crippen LogP contribution in [0.3, 0.4) is 0 Å². The molecular formula is C18H15Cl2N3O2. The van der Waals surface area contributed by atoms with E-state index in [0.717, 1.165) is 5.56 Å². The average molecular weight is 376 g/mol. The average Bonchev–Trinajstić information content (AvgIpc) is 3.00. The molecule has 7 heteroatoms. The molecule has 2 atom stereocenters. The lowest BCUT2D eigenvalue weighted by molar-refractivity contribution is -0.133. The van der Waals surface area contributed by atoms with Crippen molar-refractivity contribution in [3.63, 3.8) is 0 Å². The minimum atomic E-state index is -0.812. The van der Waals surface area contributed by atoms with Crippen LogP contribution in [0.5, 0.6) is 0 Å². The van der Waals surface area contributed by atoms with Gasteiger partial charge in [0.1, 0.15) is 5.92 Å². The number of nitrogens with zero attached hydrogens (tertiary/aromatic N) is 1. The zero-order valence-electron chi connectivity index (χ0n) is 13.1. The van der Waals surface area contributed by atoms with Gasteiger partial charge >= 0.3 is 0 Å². The SMILES string of the molecule is O=C1NC[C@@H](c2ccccc2)[C@H]1C(=O)N/N=C/c1ccc(Cl)c(Cl)c1. The molecule has 3 rings (SSSR count). The first kappa shape index (κ1) is 17.5. The van der Waals surface area contributed by atoms with Crippen LogP contribution in [-0.2, 0) is 9.59 Å². The number of benzene rings is 2. The lowest BCUT2D eigenvalue weighted by Gasteiger charge is -2.15. The molecule has 1 aliphatic rings. The number of carbonyl (C=O) groups is 2. The second-order valence-corrected chi connectivity index (χ2v) is 6.46. The van der Waals surface area contributed by atoms with Crippen LogP contribution < -0.4 is 10.7 Å². The molecule has 1 aliphatic heterocycles. The summed E-state index contributed by atoms with van der Waals surface area (Å²) in [5.74, 6) is -1.77. The van der Waals surface area contributed by atoms with Gasteiger partial charge in [0, 0.05) is 12.5 Å². The molecule has 5 nitrogen and oxygen atoms in total. The number of carbonyl (C=O) groups excluding carboxylic acids is 2. The molecule has 2 aromatic rings. The number of halogens is 2. The predicted molar refractivity (Wildman–Crippen MR) is 97.9 cm³/mol. The van der Waals surface area contributed by atoms with Crippen LogP contribution in [0.15, 0.2) is 53.6 Å². The number of nitrogens with one attached hydrogen (secondary N) is 2. The smallest absolute Gasteiger partial charge is 0.253 e. The largest absolute Gasteiger partial charge is 0.355 e. The lowest BCUT2D eigenvalue weighted by Crippen LogP contribution is -2.34. The van der Waals surface area contributed by atoms with Crippen LogP contribution in [0.25, 0.3) is 0 Å². The summed E-state index contributed by atoms with van der Waals surface area (Å²) in [5.41, 5.74) is 4.06. The minimum absolute atomic E-state index is 0.214. The monoisotopic (exact) mass is 375 g/mol. The van der Waals surface area contributed by atoms with Gasteiger partial charge in [-0.25, -0.2) is 5.43 Å². The van der Waals surface area contributed by atoms with Crippen molar-refractivity contribution in [3.8, 4) is 0 Å².